The van der Waals surface area contributed by atoms with E-state index in [2.05, 4.69) is 25.2 Å². The highest BCUT2D eigenvalue weighted by Crippen LogP contribution is 2.20. The lowest BCUT2D eigenvalue weighted by Gasteiger charge is -2.07. The van der Waals surface area contributed by atoms with Gasteiger partial charge in [-0.15, -0.1) is 11.3 Å². The van der Waals surface area contributed by atoms with Crippen molar-refractivity contribution in [3.63, 3.8) is 0 Å². The summed E-state index contributed by atoms with van der Waals surface area (Å²) >= 11 is 1.90. The number of hydrogen-bond donors (Lipinski definition) is 1. The second kappa shape index (κ2) is 5.10. The highest BCUT2D eigenvalue weighted by molar-refractivity contribution is 7.12. The Labute approximate surface area is 95.6 Å². The smallest absolute Gasteiger partial charge is 0.0507 e. The van der Waals surface area contributed by atoms with Crippen molar-refractivity contribution in [3.05, 3.63) is 21.4 Å². The first kappa shape index (κ1) is 11.1. The molecule has 1 unspecified atom stereocenters. The molecule has 1 aliphatic rings. The minimum absolute atomic E-state index is 0.729. The van der Waals surface area contributed by atoms with Crippen LogP contribution in [0.15, 0.2) is 6.07 Å². The summed E-state index contributed by atoms with van der Waals surface area (Å²) in [5.41, 5.74) is 1.42. The molecule has 15 heavy (non-hydrogen) atoms. The van der Waals surface area contributed by atoms with Crippen molar-refractivity contribution in [1.29, 1.82) is 0 Å². The molecule has 84 valence electrons. The quantitative estimate of drug-likeness (QED) is 0.850. The Kier molecular flexibility index (Phi) is 3.78. The van der Waals surface area contributed by atoms with Gasteiger partial charge in [-0.1, -0.05) is 0 Å². The molecule has 0 bridgehead atoms. The molecule has 1 aliphatic heterocycles. The van der Waals surface area contributed by atoms with Gasteiger partial charge in [-0.2, -0.15) is 0 Å². The summed E-state index contributed by atoms with van der Waals surface area (Å²) in [6.45, 7) is 8.36. The van der Waals surface area contributed by atoms with Crippen molar-refractivity contribution < 1.29 is 4.74 Å². The predicted octanol–water partition coefficient (Wildman–Crippen LogP) is 2.49. The van der Waals surface area contributed by atoms with Crippen molar-refractivity contribution in [3.8, 4) is 0 Å². The maximum absolute atomic E-state index is 5.35. The first-order valence-corrected chi connectivity index (χ1v) is 6.41. The van der Waals surface area contributed by atoms with Crippen LogP contribution in [0.25, 0.3) is 0 Å². The third kappa shape index (κ3) is 3.03. The van der Waals surface area contributed by atoms with Crippen LogP contribution in [0, 0.1) is 19.8 Å². The third-order valence-corrected chi connectivity index (χ3v) is 4.13. The second-order valence-corrected chi connectivity index (χ2v) is 5.65. The van der Waals surface area contributed by atoms with Crippen LogP contribution in [0.5, 0.6) is 0 Å². The normalized spacial score (nSPS) is 21.1. The van der Waals surface area contributed by atoms with Crippen LogP contribution in [-0.2, 0) is 11.3 Å². The average molecular weight is 225 g/mol. The fourth-order valence-corrected chi connectivity index (χ4v) is 2.90. The van der Waals surface area contributed by atoms with Gasteiger partial charge in [0.2, 0.25) is 0 Å². The van der Waals surface area contributed by atoms with E-state index in [0.29, 0.717) is 0 Å². The molecule has 0 spiro atoms. The van der Waals surface area contributed by atoms with E-state index < -0.39 is 0 Å². The van der Waals surface area contributed by atoms with Crippen LogP contribution in [0.4, 0.5) is 0 Å². The monoisotopic (exact) mass is 225 g/mol. The molecule has 1 aromatic heterocycles. The molecule has 0 amide bonds. The van der Waals surface area contributed by atoms with Crippen molar-refractivity contribution in [2.24, 2.45) is 5.92 Å². The molecular formula is C12H19NOS. The van der Waals surface area contributed by atoms with E-state index in [1.165, 1.54) is 21.7 Å². The van der Waals surface area contributed by atoms with Gasteiger partial charge in [0, 0.05) is 29.5 Å². The van der Waals surface area contributed by atoms with Crippen molar-refractivity contribution in [2.45, 2.75) is 26.8 Å². The van der Waals surface area contributed by atoms with Gasteiger partial charge in [-0.25, -0.2) is 0 Å². The highest BCUT2D eigenvalue weighted by atomic mass is 32.1. The van der Waals surface area contributed by atoms with Crippen LogP contribution in [0.3, 0.4) is 0 Å². The summed E-state index contributed by atoms with van der Waals surface area (Å²) < 4.78 is 5.35. The van der Waals surface area contributed by atoms with Gasteiger partial charge in [0.15, 0.2) is 0 Å². The van der Waals surface area contributed by atoms with Gasteiger partial charge in [-0.05, 0) is 37.8 Å². The molecule has 1 saturated heterocycles. The molecule has 2 rings (SSSR count). The Morgan fingerprint density at radius 1 is 1.53 bits per heavy atom. The van der Waals surface area contributed by atoms with Gasteiger partial charge in [-0.3, -0.25) is 0 Å². The first-order chi connectivity index (χ1) is 7.25. The number of rotatable bonds is 4. The summed E-state index contributed by atoms with van der Waals surface area (Å²) in [5, 5.41) is 3.51. The largest absolute Gasteiger partial charge is 0.381 e. The Balaban J connectivity index is 1.73. The average Bonchev–Trinajstić information content (AvgIpc) is 2.79. The summed E-state index contributed by atoms with van der Waals surface area (Å²) in [4.78, 5) is 2.89. The van der Waals surface area contributed by atoms with Crippen LogP contribution in [0.1, 0.15) is 21.7 Å². The van der Waals surface area contributed by atoms with Gasteiger partial charge in [0.1, 0.15) is 0 Å². The topological polar surface area (TPSA) is 21.3 Å². The van der Waals surface area contributed by atoms with Crippen LogP contribution in [0.2, 0.25) is 0 Å². The molecule has 1 N–H and O–H groups in total. The summed E-state index contributed by atoms with van der Waals surface area (Å²) in [5.74, 6) is 0.729. The van der Waals surface area contributed by atoms with E-state index in [1.807, 2.05) is 11.3 Å². The van der Waals surface area contributed by atoms with Crippen molar-refractivity contribution in [2.75, 3.05) is 19.8 Å². The molecule has 0 saturated carbocycles. The molecule has 3 heteroatoms. The molecule has 2 nitrogen and oxygen atoms in total. The Bertz CT molecular complexity index is 296. The van der Waals surface area contributed by atoms with Gasteiger partial charge in [0.25, 0.3) is 0 Å². The van der Waals surface area contributed by atoms with Crippen LogP contribution < -0.4 is 5.32 Å². The first-order valence-electron chi connectivity index (χ1n) is 5.60. The predicted molar refractivity (Wildman–Crippen MR) is 64.4 cm³/mol. The minimum atomic E-state index is 0.729. The van der Waals surface area contributed by atoms with E-state index >= 15 is 0 Å². The van der Waals surface area contributed by atoms with E-state index in [9.17, 15) is 0 Å². The summed E-state index contributed by atoms with van der Waals surface area (Å²) in [7, 11) is 0. The molecule has 1 fully saturated rings. The van der Waals surface area contributed by atoms with Gasteiger partial charge >= 0.3 is 0 Å². The highest BCUT2D eigenvalue weighted by Gasteiger charge is 2.14. The molecule has 1 aromatic rings. The van der Waals surface area contributed by atoms with Crippen molar-refractivity contribution >= 4 is 11.3 Å². The van der Waals surface area contributed by atoms with Gasteiger partial charge < -0.3 is 10.1 Å². The molecular weight excluding hydrogens is 206 g/mol. The molecule has 0 aliphatic carbocycles. The van der Waals surface area contributed by atoms with Crippen LogP contribution in [-0.4, -0.2) is 19.8 Å². The van der Waals surface area contributed by atoms with Crippen LogP contribution >= 0.6 is 11.3 Å². The summed E-state index contributed by atoms with van der Waals surface area (Å²) in [6, 6.07) is 2.29. The molecule has 0 aromatic carbocycles. The lowest BCUT2D eigenvalue weighted by atomic mass is 10.1. The van der Waals surface area contributed by atoms with E-state index in [4.69, 9.17) is 4.74 Å². The Morgan fingerprint density at radius 2 is 2.40 bits per heavy atom. The molecule has 1 atom stereocenters. The SMILES string of the molecule is Cc1cc(CNCC2CCOC2)sc1C. The second-order valence-electron chi connectivity index (χ2n) is 4.31. The van der Waals surface area contributed by atoms with E-state index in [-0.39, 0.29) is 0 Å². The van der Waals surface area contributed by atoms with E-state index in [0.717, 1.165) is 32.2 Å². The fourth-order valence-electron chi connectivity index (χ4n) is 1.88. The summed E-state index contributed by atoms with van der Waals surface area (Å²) in [6.07, 6.45) is 1.22. The lowest BCUT2D eigenvalue weighted by Crippen LogP contribution is -2.22. The number of hydrogen-bond acceptors (Lipinski definition) is 3. The standard InChI is InChI=1S/C12H19NOS/c1-9-5-12(15-10(9)2)7-13-6-11-3-4-14-8-11/h5,11,13H,3-4,6-8H2,1-2H3. The lowest BCUT2D eigenvalue weighted by molar-refractivity contribution is 0.185. The number of nitrogens with one attached hydrogen (secondary N) is 1. The number of aryl methyl sites for hydroxylation is 2. The zero-order valence-corrected chi connectivity index (χ0v) is 10.3. The maximum atomic E-state index is 5.35. The third-order valence-electron chi connectivity index (χ3n) is 2.97. The zero-order valence-electron chi connectivity index (χ0n) is 9.51. The Morgan fingerprint density at radius 3 is 3.00 bits per heavy atom. The Hall–Kier alpha value is -0.380. The zero-order chi connectivity index (χ0) is 10.7. The molecule has 0 radical (unpaired) electrons. The van der Waals surface area contributed by atoms with Crippen molar-refractivity contribution in [1.82, 2.24) is 5.32 Å². The number of ether oxygens (including phenoxy) is 1. The van der Waals surface area contributed by atoms with E-state index in [1.54, 1.807) is 0 Å². The minimum Gasteiger partial charge on any atom is -0.381 e. The maximum Gasteiger partial charge on any atom is 0.0507 e. The molecule has 2 heterocycles. The fraction of sp³-hybridized carbons (Fsp3) is 0.667. The number of thiophene rings is 1. The van der Waals surface area contributed by atoms with Gasteiger partial charge in [0.05, 0.1) is 6.61 Å².